The fraction of sp³-hybridized carbons (Fsp3) is 0.320. The van der Waals surface area contributed by atoms with Gasteiger partial charge in [-0.25, -0.2) is 17.9 Å². The van der Waals surface area contributed by atoms with Crippen molar-refractivity contribution >= 4 is 42.5 Å². The number of aliphatic hydroxyl groups excluding tert-OH is 1. The van der Waals surface area contributed by atoms with Crippen molar-refractivity contribution in [3.63, 3.8) is 0 Å². The summed E-state index contributed by atoms with van der Waals surface area (Å²) in [6.45, 7) is 1.85. The summed E-state index contributed by atoms with van der Waals surface area (Å²) in [5, 5.41) is 14.6. The smallest absolute Gasteiger partial charge is 0.332 e. The number of rotatable bonds is 8. The maximum atomic E-state index is 13.7. The van der Waals surface area contributed by atoms with Crippen LogP contribution in [0.15, 0.2) is 56.5 Å². The van der Waals surface area contributed by atoms with E-state index in [4.69, 9.17) is 0 Å². The minimum absolute atomic E-state index is 0.00122. The fourth-order valence-electron chi connectivity index (χ4n) is 4.60. The molecule has 0 atom stereocenters. The molecule has 0 spiro atoms. The maximum absolute atomic E-state index is 13.7. The third-order valence-corrected chi connectivity index (χ3v) is 10.1. The molecule has 13 heteroatoms. The van der Waals surface area contributed by atoms with Gasteiger partial charge < -0.3 is 10.1 Å². The first-order valence-corrected chi connectivity index (χ1v) is 14.4. The van der Waals surface area contributed by atoms with Gasteiger partial charge in [-0.1, -0.05) is 6.07 Å². The van der Waals surface area contributed by atoms with Gasteiger partial charge in [0.05, 0.1) is 31.3 Å². The quantitative estimate of drug-likeness (QED) is 0.267. The predicted octanol–water partition coefficient (Wildman–Crippen LogP) is 1.86. The van der Waals surface area contributed by atoms with Gasteiger partial charge in [0, 0.05) is 40.9 Å². The van der Waals surface area contributed by atoms with Crippen LogP contribution in [0.2, 0.25) is 0 Å². The summed E-state index contributed by atoms with van der Waals surface area (Å²) >= 11 is 0.921. The summed E-state index contributed by atoms with van der Waals surface area (Å²) in [6.07, 6.45) is 4.81. The number of aromatic nitrogens is 5. The van der Waals surface area contributed by atoms with Crippen molar-refractivity contribution < 1.29 is 13.5 Å². The predicted molar refractivity (Wildman–Crippen MR) is 144 cm³/mol. The lowest BCUT2D eigenvalue weighted by molar-refractivity contribution is 0.278. The molecule has 4 heterocycles. The van der Waals surface area contributed by atoms with Gasteiger partial charge >= 0.3 is 5.69 Å². The van der Waals surface area contributed by atoms with Crippen molar-refractivity contribution in [1.82, 2.24) is 28.6 Å². The molecule has 0 saturated heterocycles. The number of nitrogens with zero attached hydrogens (tertiary/aromatic N) is 4. The molecule has 6 rings (SSSR count). The maximum Gasteiger partial charge on any atom is 0.332 e. The van der Waals surface area contributed by atoms with Crippen LogP contribution in [0.4, 0.5) is 0 Å². The van der Waals surface area contributed by atoms with Gasteiger partial charge in [0.2, 0.25) is 0 Å². The highest BCUT2D eigenvalue weighted by Crippen LogP contribution is 2.37. The monoisotopic (exact) mass is 554 g/mol. The second kappa shape index (κ2) is 8.76. The summed E-state index contributed by atoms with van der Waals surface area (Å²) in [5.41, 5.74) is 1.42. The molecule has 1 aliphatic rings. The Hall–Kier alpha value is -3.52. The lowest BCUT2D eigenvalue weighted by atomic mass is 10.1. The molecular weight excluding hydrogens is 528 g/mol. The molecule has 1 aromatic carbocycles. The Morgan fingerprint density at radius 1 is 1.13 bits per heavy atom. The molecule has 38 heavy (non-hydrogen) atoms. The average molecular weight is 555 g/mol. The standard InChI is InChI=1S/C25H26N6O5S2/c1-25(5-6-25)28-38(35,36)21-9-19-22(33)30(13-16-10-26-29(2)11-16)24(34)31(23(19)37-21)12-15-3-4-20-17(7-15)8-18(14-32)27-20/h3-4,7-11,27-28,32H,5-6,12-14H2,1-2H3. The second-order valence-electron chi connectivity index (χ2n) is 10.1. The molecule has 0 unspecified atom stereocenters. The molecular formula is C25H26N6O5S2. The van der Waals surface area contributed by atoms with E-state index in [2.05, 4.69) is 14.8 Å². The number of sulfonamides is 1. The van der Waals surface area contributed by atoms with E-state index >= 15 is 0 Å². The third kappa shape index (κ3) is 4.41. The molecule has 198 valence electrons. The van der Waals surface area contributed by atoms with E-state index in [1.54, 1.807) is 24.1 Å². The zero-order valence-electron chi connectivity index (χ0n) is 20.8. The van der Waals surface area contributed by atoms with Gasteiger partial charge in [0.15, 0.2) is 0 Å². The van der Waals surface area contributed by atoms with E-state index < -0.39 is 26.8 Å². The zero-order valence-corrected chi connectivity index (χ0v) is 22.4. The van der Waals surface area contributed by atoms with Crippen LogP contribution in [0.25, 0.3) is 21.1 Å². The first-order chi connectivity index (χ1) is 18.0. The number of aryl methyl sites for hydroxylation is 1. The van der Waals surface area contributed by atoms with E-state index in [1.165, 1.54) is 10.6 Å². The third-order valence-electron chi connectivity index (χ3n) is 6.87. The largest absolute Gasteiger partial charge is 0.390 e. The average Bonchev–Trinajstić information content (AvgIpc) is 3.27. The minimum atomic E-state index is -3.87. The van der Waals surface area contributed by atoms with Crippen LogP contribution >= 0.6 is 11.3 Å². The van der Waals surface area contributed by atoms with E-state index in [-0.39, 0.29) is 29.3 Å². The number of aromatic amines is 1. The molecule has 0 radical (unpaired) electrons. The highest BCUT2D eigenvalue weighted by molar-refractivity contribution is 7.91. The number of thiophene rings is 1. The Labute approximate surface area is 221 Å². The Morgan fingerprint density at radius 3 is 2.58 bits per heavy atom. The first kappa shape index (κ1) is 24.8. The molecule has 1 fully saturated rings. The molecule has 4 aromatic heterocycles. The molecule has 5 aromatic rings. The first-order valence-electron chi connectivity index (χ1n) is 12.1. The van der Waals surface area contributed by atoms with Crippen LogP contribution in [0.1, 0.15) is 36.6 Å². The van der Waals surface area contributed by atoms with Gasteiger partial charge in [0.25, 0.3) is 15.6 Å². The molecule has 1 aliphatic carbocycles. The van der Waals surface area contributed by atoms with Crippen LogP contribution in [0.3, 0.4) is 0 Å². The summed E-state index contributed by atoms with van der Waals surface area (Å²) in [4.78, 5) is 30.7. The topological polar surface area (TPSA) is 144 Å². The van der Waals surface area contributed by atoms with Crippen molar-refractivity contribution in [2.75, 3.05) is 0 Å². The zero-order chi connectivity index (χ0) is 26.8. The van der Waals surface area contributed by atoms with Crippen LogP contribution in [-0.2, 0) is 36.8 Å². The lowest BCUT2D eigenvalue weighted by Crippen LogP contribution is -2.40. The summed E-state index contributed by atoms with van der Waals surface area (Å²) in [5.74, 6) is 0. The van der Waals surface area contributed by atoms with Crippen molar-refractivity contribution in [2.45, 2.75) is 49.2 Å². The number of hydrogen-bond acceptors (Lipinski definition) is 7. The van der Waals surface area contributed by atoms with Crippen molar-refractivity contribution in [2.24, 2.45) is 7.05 Å². The minimum Gasteiger partial charge on any atom is -0.390 e. The fourth-order valence-corrected chi connectivity index (χ4v) is 7.50. The van der Waals surface area contributed by atoms with E-state index in [9.17, 15) is 23.1 Å². The number of benzene rings is 1. The number of aliphatic hydroxyl groups is 1. The Kier molecular flexibility index (Phi) is 5.72. The Balaban J connectivity index is 1.51. The highest BCUT2D eigenvalue weighted by atomic mass is 32.2. The van der Waals surface area contributed by atoms with Gasteiger partial charge in [-0.2, -0.15) is 5.10 Å². The molecule has 0 amide bonds. The SMILES string of the molecule is Cn1cc(Cn2c(=O)c3cc(S(=O)(=O)NC4(C)CC4)sc3n(Cc3ccc4[nH]c(CO)cc4c3)c2=O)cn1. The number of nitrogens with one attached hydrogen (secondary N) is 2. The van der Waals surface area contributed by atoms with Crippen molar-refractivity contribution in [1.29, 1.82) is 0 Å². The number of fused-ring (bicyclic) bond motifs is 2. The molecule has 0 aliphatic heterocycles. The highest BCUT2D eigenvalue weighted by Gasteiger charge is 2.41. The molecule has 3 N–H and O–H groups in total. The molecule has 1 saturated carbocycles. The molecule has 0 bridgehead atoms. The van der Waals surface area contributed by atoms with Crippen LogP contribution < -0.4 is 16.0 Å². The number of hydrogen-bond donors (Lipinski definition) is 3. The van der Waals surface area contributed by atoms with Crippen molar-refractivity contribution in [3.05, 3.63) is 80.4 Å². The van der Waals surface area contributed by atoms with Gasteiger partial charge in [0.1, 0.15) is 9.04 Å². The van der Waals surface area contributed by atoms with Gasteiger partial charge in [-0.05, 0) is 49.6 Å². The van der Waals surface area contributed by atoms with E-state index in [1.807, 2.05) is 31.2 Å². The second-order valence-corrected chi connectivity index (χ2v) is 13.0. The Morgan fingerprint density at radius 2 is 1.89 bits per heavy atom. The van der Waals surface area contributed by atoms with Crippen LogP contribution in [0.5, 0.6) is 0 Å². The Bertz CT molecular complexity index is 1940. The summed E-state index contributed by atoms with van der Waals surface area (Å²) in [6, 6.07) is 8.83. The van der Waals surface area contributed by atoms with Crippen LogP contribution in [0, 0.1) is 0 Å². The normalized spacial score (nSPS) is 15.0. The number of H-pyrrole nitrogens is 1. The lowest BCUT2D eigenvalue weighted by Gasteiger charge is -2.12. The van der Waals surface area contributed by atoms with Gasteiger partial charge in [-0.3, -0.25) is 18.6 Å². The van der Waals surface area contributed by atoms with Gasteiger partial charge in [-0.15, -0.1) is 11.3 Å². The molecule has 11 nitrogen and oxygen atoms in total. The van der Waals surface area contributed by atoms with E-state index in [0.717, 1.165) is 45.2 Å². The van der Waals surface area contributed by atoms with E-state index in [0.29, 0.717) is 16.1 Å². The van der Waals surface area contributed by atoms with Crippen molar-refractivity contribution in [3.8, 4) is 0 Å². The van der Waals surface area contributed by atoms with Crippen LogP contribution in [-0.4, -0.2) is 43.0 Å². The summed E-state index contributed by atoms with van der Waals surface area (Å²) in [7, 11) is -2.12. The summed E-state index contributed by atoms with van der Waals surface area (Å²) < 4.78 is 33.2.